The molecule has 1 amide bonds. The van der Waals surface area contributed by atoms with Crippen molar-refractivity contribution in [1.29, 1.82) is 0 Å². The largest absolute Gasteiger partial charge is 0.507 e. The fourth-order valence-electron chi connectivity index (χ4n) is 2.39. The van der Waals surface area contributed by atoms with E-state index in [1.165, 1.54) is 11.8 Å². The molecular formula is C15H16N2O2S. The van der Waals surface area contributed by atoms with Gasteiger partial charge in [0.2, 0.25) is 0 Å². The van der Waals surface area contributed by atoms with Gasteiger partial charge in [-0.1, -0.05) is 25.1 Å². The zero-order valence-electron chi connectivity index (χ0n) is 11.2. The van der Waals surface area contributed by atoms with Crippen LogP contribution >= 0.6 is 11.8 Å². The normalized spacial score (nSPS) is 24.6. The molecule has 1 fully saturated rings. The van der Waals surface area contributed by atoms with Crippen LogP contribution in [0, 0.1) is 5.92 Å². The molecule has 20 heavy (non-hydrogen) atoms. The number of hydrogen-bond acceptors (Lipinski definition) is 4. The van der Waals surface area contributed by atoms with Crippen LogP contribution in [0.4, 0.5) is 0 Å². The molecule has 5 heteroatoms. The summed E-state index contributed by atoms with van der Waals surface area (Å²) in [4.78, 5) is 18.8. The second-order valence-corrected chi connectivity index (χ2v) is 6.22. The van der Waals surface area contributed by atoms with Gasteiger partial charge in [-0.2, -0.15) is 4.99 Å². The SMILES string of the molecule is C[C@H]1CCN(C2=NC(=O)/C(=C/c3ccccc3O)S2)C1. The average Bonchev–Trinajstić information content (AvgIpc) is 2.99. The Kier molecular flexibility index (Phi) is 3.53. The predicted molar refractivity (Wildman–Crippen MR) is 81.5 cm³/mol. The number of carbonyl (C=O) groups is 1. The first kappa shape index (κ1) is 13.2. The van der Waals surface area contributed by atoms with E-state index in [9.17, 15) is 9.90 Å². The monoisotopic (exact) mass is 288 g/mol. The molecule has 1 N–H and O–H groups in total. The van der Waals surface area contributed by atoms with Gasteiger partial charge in [-0.25, -0.2) is 0 Å². The van der Waals surface area contributed by atoms with E-state index < -0.39 is 0 Å². The summed E-state index contributed by atoms with van der Waals surface area (Å²) in [6, 6.07) is 6.99. The minimum absolute atomic E-state index is 0.177. The Hall–Kier alpha value is -1.75. The molecular weight excluding hydrogens is 272 g/mol. The lowest BCUT2D eigenvalue weighted by Crippen LogP contribution is -2.24. The number of phenolic OH excluding ortho intramolecular Hbond substituents is 1. The molecule has 1 aromatic rings. The summed E-state index contributed by atoms with van der Waals surface area (Å²) in [5.74, 6) is 0.615. The lowest BCUT2D eigenvalue weighted by Gasteiger charge is -2.15. The molecule has 0 saturated carbocycles. The van der Waals surface area contributed by atoms with E-state index in [2.05, 4.69) is 16.8 Å². The van der Waals surface area contributed by atoms with Gasteiger partial charge in [-0.05, 0) is 36.2 Å². The van der Waals surface area contributed by atoms with Crippen molar-refractivity contribution in [3.8, 4) is 5.75 Å². The highest BCUT2D eigenvalue weighted by Gasteiger charge is 2.29. The molecule has 3 rings (SSSR count). The molecule has 1 saturated heterocycles. The highest BCUT2D eigenvalue weighted by molar-refractivity contribution is 8.18. The smallest absolute Gasteiger partial charge is 0.286 e. The van der Waals surface area contributed by atoms with Gasteiger partial charge in [-0.15, -0.1) is 0 Å². The first-order chi connectivity index (χ1) is 9.63. The van der Waals surface area contributed by atoms with E-state index in [0.717, 1.165) is 24.7 Å². The third-order valence-corrected chi connectivity index (χ3v) is 4.57. The van der Waals surface area contributed by atoms with Crippen LogP contribution < -0.4 is 0 Å². The van der Waals surface area contributed by atoms with E-state index in [1.807, 2.05) is 6.07 Å². The number of para-hydroxylation sites is 1. The molecule has 0 unspecified atom stereocenters. The van der Waals surface area contributed by atoms with Gasteiger partial charge in [0.25, 0.3) is 5.91 Å². The fourth-order valence-corrected chi connectivity index (χ4v) is 3.33. The minimum Gasteiger partial charge on any atom is -0.507 e. The Morgan fingerprint density at radius 3 is 2.95 bits per heavy atom. The molecule has 4 nitrogen and oxygen atoms in total. The Balaban J connectivity index is 1.79. The lowest BCUT2D eigenvalue weighted by atomic mass is 10.2. The Labute approximate surface area is 122 Å². The minimum atomic E-state index is -0.215. The Bertz CT molecular complexity index is 610. The van der Waals surface area contributed by atoms with E-state index in [4.69, 9.17) is 0 Å². The summed E-state index contributed by atoms with van der Waals surface area (Å²) in [5, 5.41) is 10.5. The van der Waals surface area contributed by atoms with E-state index in [1.54, 1.807) is 24.3 Å². The van der Waals surface area contributed by atoms with E-state index in [-0.39, 0.29) is 11.7 Å². The van der Waals surface area contributed by atoms with Crippen LogP contribution in [0.3, 0.4) is 0 Å². The van der Waals surface area contributed by atoms with Gasteiger partial charge in [-0.3, -0.25) is 4.79 Å². The summed E-state index contributed by atoms with van der Waals surface area (Å²) in [5.41, 5.74) is 0.648. The van der Waals surface area contributed by atoms with E-state index >= 15 is 0 Å². The highest BCUT2D eigenvalue weighted by Crippen LogP contribution is 2.33. The predicted octanol–water partition coefficient (Wildman–Crippen LogP) is 2.70. The van der Waals surface area contributed by atoms with Crippen LogP contribution in [0.15, 0.2) is 34.2 Å². The van der Waals surface area contributed by atoms with Crippen molar-refractivity contribution < 1.29 is 9.90 Å². The third kappa shape index (κ3) is 2.58. The van der Waals surface area contributed by atoms with Gasteiger partial charge < -0.3 is 10.0 Å². The molecule has 1 aromatic carbocycles. The molecule has 0 radical (unpaired) electrons. The number of phenols is 1. The number of thioether (sulfide) groups is 1. The third-order valence-electron chi connectivity index (χ3n) is 3.53. The fraction of sp³-hybridized carbons (Fsp3) is 0.333. The van der Waals surface area contributed by atoms with Crippen molar-refractivity contribution >= 4 is 28.9 Å². The van der Waals surface area contributed by atoms with Crippen LogP contribution in [0.25, 0.3) is 6.08 Å². The first-order valence-electron chi connectivity index (χ1n) is 6.69. The Morgan fingerprint density at radius 2 is 2.25 bits per heavy atom. The van der Waals surface area contributed by atoms with Crippen LogP contribution in [-0.2, 0) is 4.79 Å². The molecule has 0 bridgehead atoms. The number of carbonyl (C=O) groups excluding carboxylic acids is 1. The molecule has 2 aliphatic heterocycles. The van der Waals surface area contributed by atoms with Crippen molar-refractivity contribution in [2.24, 2.45) is 10.9 Å². The van der Waals surface area contributed by atoms with Crippen molar-refractivity contribution in [3.05, 3.63) is 34.7 Å². The highest BCUT2D eigenvalue weighted by atomic mass is 32.2. The number of amidine groups is 1. The molecule has 2 aliphatic rings. The maximum Gasteiger partial charge on any atom is 0.286 e. The second-order valence-electron chi connectivity index (χ2n) is 5.21. The standard InChI is InChI=1S/C15H16N2O2S/c1-10-6-7-17(9-10)15-16-14(19)13(20-15)8-11-4-2-3-5-12(11)18/h2-5,8,10,18H,6-7,9H2,1H3/b13-8-/t10-/m0/s1. The topological polar surface area (TPSA) is 52.9 Å². The zero-order valence-corrected chi connectivity index (χ0v) is 12.1. The number of nitrogens with zero attached hydrogens (tertiary/aromatic N) is 2. The Morgan fingerprint density at radius 1 is 1.45 bits per heavy atom. The van der Waals surface area contributed by atoms with Gasteiger partial charge >= 0.3 is 0 Å². The summed E-state index contributed by atoms with van der Waals surface area (Å²) in [7, 11) is 0. The molecule has 0 aromatic heterocycles. The van der Waals surface area contributed by atoms with Crippen molar-refractivity contribution in [2.45, 2.75) is 13.3 Å². The maximum atomic E-state index is 12.0. The van der Waals surface area contributed by atoms with Crippen LogP contribution in [0.1, 0.15) is 18.9 Å². The molecule has 2 heterocycles. The number of benzene rings is 1. The van der Waals surface area contributed by atoms with Crippen LogP contribution in [0.5, 0.6) is 5.75 Å². The second kappa shape index (κ2) is 5.32. The number of rotatable bonds is 1. The molecule has 1 atom stereocenters. The van der Waals surface area contributed by atoms with Gasteiger partial charge in [0.05, 0.1) is 4.91 Å². The summed E-state index contributed by atoms with van der Waals surface area (Å²) < 4.78 is 0. The lowest BCUT2D eigenvalue weighted by molar-refractivity contribution is -0.113. The number of likely N-dealkylation sites (tertiary alicyclic amines) is 1. The number of amides is 1. The number of aliphatic imine (C=N–C) groups is 1. The van der Waals surface area contributed by atoms with Gasteiger partial charge in [0.15, 0.2) is 5.17 Å². The van der Waals surface area contributed by atoms with E-state index in [0.29, 0.717) is 16.4 Å². The summed E-state index contributed by atoms with van der Waals surface area (Å²) >= 11 is 1.40. The molecule has 0 spiro atoms. The van der Waals surface area contributed by atoms with Crippen LogP contribution in [-0.4, -0.2) is 34.2 Å². The van der Waals surface area contributed by atoms with Gasteiger partial charge in [0.1, 0.15) is 5.75 Å². The quantitative estimate of drug-likeness (QED) is 0.807. The van der Waals surface area contributed by atoms with Crippen molar-refractivity contribution in [3.63, 3.8) is 0 Å². The average molecular weight is 288 g/mol. The van der Waals surface area contributed by atoms with Crippen molar-refractivity contribution in [1.82, 2.24) is 4.90 Å². The maximum absolute atomic E-state index is 12.0. The van der Waals surface area contributed by atoms with Crippen LogP contribution in [0.2, 0.25) is 0 Å². The number of aromatic hydroxyl groups is 1. The summed E-state index contributed by atoms with van der Waals surface area (Å²) in [6.45, 7) is 4.13. The zero-order chi connectivity index (χ0) is 14.1. The molecule has 0 aliphatic carbocycles. The molecule has 104 valence electrons. The first-order valence-corrected chi connectivity index (χ1v) is 7.50. The van der Waals surface area contributed by atoms with Gasteiger partial charge in [0, 0.05) is 18.7 Å². The number of hydrogen-bond donors (Lipinski definition) is 1. The van der Waals surface area contributed by atoms with Crippen molar-refractivity contribution in [2.75, 3.05) is 13.1 Å². The summed E-state index contributed by atoms with van der Waals surface area (Å²) in [6.07, 6.45) is 2.85.